The quantitative estimate of drug-likeness (QED) is 0.468. The summed E-state index contributed by atoms with van der Waals surface area (Å²) < 4.78 is 44.2. The average Bonchev–Trinajstić information content (AvgIpc) is 2.26. The molecule has 0 spiro atoms. The second kappa shape index (κ2) is 4.85. The number of halogens is 3. The second-order valence-corrected chi connectivity index (χ2v) is 2.82. The lowest BCUT2D eigenvalue weighted by Gasteiger charge is -2.11. The first kappa shape index (κ1) is 13.7. The van der Waals surface area contributed by atoms with E-state index in [1.165, 1.54) is 0 Å². The van der Waals surface area contributed by atoms with E-state index in [0.717, 1.165) is 13.2 Å². The maximum Gasteiger partial charge on any atom is 0.573 e. The van der Waals surface area contributed by atoms with Crippen LogP contribution in [-0.2, 0) is 0 Å². The van der Waals surface area contributed by atoms with Gasteiger partial charge in [0.2, 0.25) is 5.69 Å². The van der Waals surface area contributed by atoms with Crippen LogP contribution in [0.3, 0.4) is 0 Å². The first-order valence-electron chi connectivity index (χ1n) is 4.23. The summed E-state index contributed by atoms with van der Waals surface area (Å²) in [6.07, 6.45) is -5.02. The molecule has 7 nitrogen and oxygen atoms in total. The van der Waals surface area contributed by atoms with Crippen molar-refractivity contribution >= 4 is 12.1 Å². The number of hydrogen-bond acceptors (Lipinski definition) is 6. The average molecular weight is 266 g/mol. The number of nitrogens with zero attached hydrogens (tertiary/aromatic N) is 2. The van der Waals surface area contributed by atoms with Crippen molar-refractivity contribution in [1.82, 2.24) is 4.98 Å². The molecule has 98 valence electrons. The first-order valence-corrected chi connectivity index (χ1v) is 4.23. The lowest BCUT2D eigenvalue weighted by Crippen LogP contribution is -2.19. The summed E-state index contributed by atoms with van der Waals surface area (Å²) in [7, 11) is 0.969. The molecule has 1 aromatic rings. The summed E-state index contributed by atoms with van der Waals surface area (Å²) in [5.74, 6) is -3.08. The number of hydrogen-bond donors (Lipinski definition) is 0. The highest BCUT2D eigenvalue weighted by molar-refractivity contribution is 5.75. The van der Waals surface area contributed by atoms with Gasteiger partial charge >= 0.3 is 12.2 Å². The summed E-state index contributed by atoms with van der Waals surface area (Å²) in [5, 5.41) is 10.6. The van der Waals surface area contributed by atoms with Gasteiger partial charge in [0.1, 0.15) is 0 Å². The minimum absolute atomic E-state index is 0.132. The van der Waals surface area contributed by atoms with Gasteiger partial charge in [-0.15, -0.1) is 13.2 Å². The fourth-order valence-electron chi connectivity index (χ4n) is 1.06. The van der Waals surface area contributed by atoms with E-state index in [1.54, 1.807) is 0 Å². The fraction of sp³-hybridized carbons (Fsp3) is 0.250. The highest BCUT2D eigenvalue weighted by Crippen LogP contribution is 2.39. The number of alkyl halides is 3. The first-order chi connectivity index (χ1) is 8.28. The van der Waals surface area contributed by atoms with E-state index in [2.05, 4.69) is 14.5 Å². The molecule has 0 amide bonds. The van der Waals surface area contributed by atoms with E-state index in [-0.39, 0.29) is 6.29 Å². The largest absolute Gasteiger partial charge is 0.573 e. The maximum atomic E-state index is 12.1. The minimum Gasteiger partial charge on any atom is -0.492 e. The van der Waals surface area contributed by atoms with Gasteiger partial charge < -0.3 is 19.6 Å². The number of nitro groups is 1. The van der Waals surface area contributed by atoms with Crippen LogP contribution in [-0.4, -0.2) is 29.7 Å². The Labute approximate surface area is 97.3 Å². The number of methoxy groups -OCH3 is 1. The van der Waals surface area contributed by atoms with E-state index < -0.39 is 34.3 Å². The zero-order chi connectivity index (χ0) is 13.9. The van der Waals surface area contributed by atoms with E-state index in [4.69, 9.17) is 0 Å². The maximum absolute atomic E-state index is 12.1. The van der Waals surface area contributed by atoms with E-state index in [9.17, 15) is 28.1 Å². The Hall–Kier alpha value is -2.39. The number of ether oxygens (including phenoxy) is 2. The van der Waals surface area contributed by atoms with Crippen LogP contribution >= 0.6 is 0 Å². The molecule has 0 aromatic carbocycles. The Morgan fingerprint density at radius 2 is 2.11 bits per heavy atom. The molecule has 0 unspecified atom stereocenters. The van der Waals surface area contributed by atoms with Crippen molar-refractivity contribution < 1.29 is 32.4 Å². The molecule has 0 fully saturated rings. The summed E-state index contributed by atoms with van der Waals surface area (Å²) >= 11 is 0. The molecule has 0 saturated carbocycles. The Kier molecular flexibility index (Phi) is 3.69. The normalized spacial score (nSPS) is 10.9. The Balaban J connectivity index is 3.44. The van der Waals surface area contributed by atoms with E-state index >= 15 is 0 Å². The third kappa shape index (κ3) is 3.06. The van der Waals surface area contributed by atoms with Crippen LogP contribution in [0, 0.1) is 10.1 Å². The van der Waals surface area contributed by atoms with E-state index in [0.29, 0.717) is 0 Å². The Bertz CT molecular complexity index is 488. The van der Waals surface area contributed by atoms with Gasteiger partial charge in [-0.2, -0.15) is 0 Å². The van der Waals surface area contributed by atoms with Crippen LogP contribution in [0.5, 0.6) is 11.5 Å². The topological polar surface area (TPSA) is 91.6 Å². The molecule has 0 aliphatic carbocycles. The van der Waals surface area contributed by atoms with Crippen molar-refractivity contribution in [3.05, 3.63) is 21.9 Å². The van der Waals surface area contributed by atoms with Crippen molar-refractivity contribution in [3.63, 3.8) is 0 Å². The summed E-state index contributed by atoms with van der Waals surface area (Å²) in [6, 6.07) is 0.793. The number of aromatic nitrogens is 1. The molecule has 0 aliphatic heterocycles. The van der Waals surface area contributed by atoms with Gasteiger partial charge in [-0.05, 0) is 9.91 Å². The minimum atomic E-state index is -5.15. The second-order valence-electron chi connectivity index (χ2n) is 2.82. The van der Waals surface area contributed by atoms with Gasteiger partial charge in [0, 0.05) is 6.07 Å². The fourth-order valence-corrected chi connectivity index (χ4v) is 1.06. The standard InChI is InChI=1S/C8H5F3N2O5/c1-17-5-2-4(3-14)12-7(13(15)16)6(5)18-8(9,10)11/h2-3H,1H3. The van der Waals surface area contributed by atoms with Crippen molar-refractivity contribution in [1.29, 1.82) is 0 Å². The van der Waals surface area contributed by atoms with Gasteiger partial charge in [-0.1, -0.05) is 0 Å². The van der Waals surface area contributed by atoms with E-state index in [1.807, 2.05) is 0 Å². The Morgan fingerprint density at radius 1 is 1.50 bits per heavy atom. The molecule has 1 heterocycles. The molecule has 18 heavy (non-hydrogen) atoms. The summed E-state index contributed by atoms with van der Waals surface area (Å²) in [4.78, 5) is 22.9. The van der Waals surface area contributed by atoms with Crippen LogP contribution in [0.2, 0.25) is 0 Å². The molecule has 0 saturated heterocycles. The molecule has 0 N–H and O–H groups in total. The summed E-state index contributed by atoms with van der Waals surface area (Å²) in [5.41, 5.74) is -0.451. The Morgan fingerprint density at radius 3 is 2.50 bits per heavy atom. The predicted octanol–water partition coefficient (Wildman–Crippen LogP) is 1.71. The molecular formula is C8H5F3N2O5. The molecule has 1 rings (SSSR count). The molecule has 0 bridgehead atoms. The van der Waals surface area contributed by atoms with Crippen LogP contribution < -0.4 is 9.47 Å². The lowest BCUT2D eigenvalue weighted by atomic mass is 10.3. The zero-order valence-electron chi connectivity index (χ0n) is 8.72. The molecule has 1 aromatic heterocycles. The van der Waals surface area contributed by atoms with Crippen molar-refractivity contribution in [3.8, 4) is 11.5 Å². The molecule has 10 heteroatoms. The number of rotatable bonds is 4. The van der Waals surface area contributed by atoms with Gasteiger partial charge in [0.15, 0.2) is 12.0 Å². The van der Waals surface area contributed by atoms with Gasteiger partial charge in [0.05, 0.1) is 7.11 Å². The third-order valence-corrected chi connectivity index (χ3v) is 1.67. The van der Waals surface area contributed by atoms with Crippen LogP contribution in [0.4, 0.5) is 19.0 Å². The van der Waals surface area contributed by atoms with Crippen molar-refractivity contribution in [2.24, 2.45) is 0 Å². The number of aldehydes is 1. The predicted molar refractivity (Wildman–Crippen MR) is 49.5 cm³/mol. The van der Waals surface area contributed by atoms with Crippen molar-refractivity contribution in [2.45, 2.75) is 6.36 Å². The number of carbonyl (C=O) groups is 1. The van der Waals surface area contributed by atoms with Gasteiger partial charge in [0.25, 0.3) is 5.75 Å². The smallest absolute Gasteiger partial charge is 0.492 e. The number of carbonyl (C=O) groups excluding carboxylic acids is 1. The molecule has 0 aliphatic rings. The van der Waals surface area contributed by atoms with Crippen molar-refractivity contribution in [2.75, 3.05) is 7.11 Å². The number of pyridine rings is 1. The third-order valence-electron chi connectivity index (χ3n) is 1.67. The molecule has 0 radical (unpaired) electrons. The molecule has 0 atom stereocenters. The molecular weight excluding hydrogens is 261 g/mol. The highest BCUT2D eigenvalue weighted by atomic mass is 19.4. The van der Waals surface area contributed by atoms with Crippen LogP contribution in [0.15, 0.2) is 6.07 Å². The van der Waals surface area contributed by atoms with Gasteiger partial charge in [-0.3, -0.25) is 4.79 Å². The van der Waals surface area contributed by atoms with Crippen LogP contribution in [0.1, 0.15) is 10.5 Å². The zero-order valence-corrected chi connectivity index (χ0v) is 8.72. The monoisotopic (exact) mass is 266 g/mol. The lowest BCUT2D eigenvalue weighted by molar-refractivity contribution is -0.393. The SMILES string of the molecule is COc1cc(C=O)nc([N+](=O)[O-])c1OC(F)(F)F. The highest BCUT2D eigenvalue weighted by Gasteiger charge is 2.38. The summed E-state index contributed by atoms with van der Waals surface area (Å²) in [6.45, 7) is 0. The van der Waals surface area contributed by atoms with Crippen LogP contribution in [0.25, 0.3) is 0 Å². The van der Waals surface area contributed by atoms with Gasteiger partial charge in [-0.25, -0.2) is 0 Å².